The van der Waals surface area contributed by atoms with Crippen molar-refractivity contribution in [1.82, 2.24) is 15.5 Å². The van der Waals surface area contributed by atoms with E-state index in [4.69, 9.17) is 4.74 Å². The number of urea groups is 1. The zero-order valence-corrected chi connectivity index (χ0v) is 18.6. The first kappa shape index (κ1) is 22.6. The van der Waals surface area contributed by atoms with Gasteiger partial charge >= 0.3 is 12.0 Å². The number of esters is 1. The predicted octanol–water partition coefficient (Wildman–Crippen LogP) is 2.36. The van der Waals surface area contributed by atoms with Crippen molar-refractivity contribution in [3.63, 3.8) is 0 Å². The van der Waals surface area contributed by atoms with Gasteiger partial charge in [-0.1, -0.05) is 27.7 Å². The van der Waals surface area contributed by atoms with Crippen LogP contribution in [0.15, 0.2) is 0 Å². The van der Waals surface area contributed by atoms with Gasteiger partial charge in [-0.15, -0.1) is 0 Å². The molecule has 0 aromatic carbocycles. The maximum Gasteiger partial charge on any atom is 0.326 e. The van der Waals surface area contributed by atoms with Crippen molar-refractivity contribution in [1.29, 1.82) is 0 Å². The van der Waals surface area contributed by atoms with Crippen LogP contribution in [-0.2, 0) is 19.1 Å². The summed E-state index contributed by atoms with van der Waals surface area (Å²) in [6.45, 7) is 7.58. The Balaban J connectivity index is 1.50. The molecule has 1 aliphatic heterocycles. The molecule has 1 heterocycles. The third-order valence-electron chi connectivity index (χ3n) is 6.66. The van der Waals surface area contributed by atoms with Crippen molar-refractivity contribution in [3.05, 3.63) is 0 Å². The smallest absolute Gasteiger partial charge is 0.326 e. The molecule has 3 fully saturated rings. The molecule has 0 unspecified atom stereocenters. The molecule has 30 heavy (non-hydrogen) atoms. The Morgan fingerprint density at radius 3 is 2.40 bits per heavy atom. The number of amides is 4. The van der Waals surface area contributed by atoms with Gasteiger partial charge in [-0.2, -0.15) is 0 Å². The quantitative estimate of drug-likeness (QED) is 0.524. The molecule has 2 N–H and O–H groups in total. The summed E-state index contributed by atoms with van der Waals surface area (Å²) in [4.78, 5) is 50.7. The van der Waals surface area contributed by atoms with Gasteiger partial charge in [-0.3, -0.25) is 19.3 Å². The number of nitrogens with one attached hydrogen (secondary N) is 2. The second-order valence-corrected chi connectivity index (χ2v) is 10.4. The van der Waals surface area contributed by atoms with Crippen LogP contribution >= 0.6 is 0 Å². The second kappa shape index (κ2) is 8.55. The molecule has 168 valence electrons. The van der Waals surface area contributed by atoms with Crippen LogP contribution in [0, 0.1) is 17.3 Å². The number of carbonyl (C=O) groups excluding carboxylic acids is 4. The number of hydrogen-bond acceptors (Lipinski definition) is 5. The Kier molecular flexibility index (Phi) is 6.43. The molecule has 0 aromatic rings. The van der Waals surface area contributed by atoms with Gasteiger partial charge in [-0.05, 0) is 62.2 Å². The monoisotopic (exact) mass is 421 g/mol. The Bertz CT molecular complexity index is 714. The van der Waals surface area contributed by atoms with Crippen LogP contribution in [-0.4, -0.2) is 53.4 Å². The van der Waals surface area contributed by atoms with Crippen molar-refractivity contribution >= 4 is 23.8 Å². The summed E-state index contributed by atoms with van der Waals surface area (Å²) in [5.41, 5.74) is -1.03. The molecule has 2 saturated carbocycles. The average Bonchev–Trinajstić information content (AvgIpc) is 2.83. The van der Waals surface area contributed by atoms with Crippen LogP contribution in [0.25, 0.3) is 0 Å². The number of hydrogen-bond donors (Lipinski definition) is 2. The third kappa shape index (κ3) is 5.13. The highest BCUT2D eigenvalue weighted by Crippen LogP contribution is 2.46. The van der Waals surface area contributed by atoms with Gasteiger partial charge in [0.25, 0.3) is 11.8 Å². The van der Waals surface area contributed by atoms with Gasteiger partial charge in [0.15, 0.2) is 6.61 Å². The fourth-order valence-electron chi connectivity index (χ4n) is 5.64. The molecule has 3 rings (SSSR count). The van der Waals surface area contributed by atoms with E-state index in [1.165, 1.54) is 0 Å². The van der Waals surface area contributed by atoms with Crippen molar-refractivity contribution in [2.24, 2.45) is 17.3 Å². The van der Waals surface area contributed by atoms with Crippen LogP contribution in [0.1, 0.15) is 72.6 Å². The minimum atomic E-state index is -0.950. The molecule has 8 heteroatoms. The lowest BCUT2D eigenvalue weighted by Gasteiger charge is -2.43. The Hall–Kier alpha value is -2.12. The molecule has 4 amide bonds. The van der Waals surface area contributed by atoms with Crippen molar-refractivity contribution in [2.45, 2.75) is 84.2 Å². The Labute approximate surface area is 178 Å². The highest BCUT2D eigenvalue weighted by molar-refractivity contribution is 6.08. The lowest BCUT2D eigenvalue weighted by atomic mass is 9.64. The summed E-state index contributed by atoms with van der Waals surface area (Å²) in [6, 6.07) is -0.447. The van der Waals surface area contributed by atoms with E-state index in [1.54, 1.807) is 0 Å². The molecule has 3 aliphatic rings. The number of nitrogens with zero attached hydrogens (tertiary/aromatic N) is 1. The summed E-state index contributed by atoms with van der Waals surface area (Å²) < 4.78 is 5.04. The summed E-state index contributed by atoms with van der Waals surface area (Å²) in [6.07, 6.45) is 6.11. The standard InChI is InChI=1S/C22H35N3O5/c1-14-5-7-16(8-6-14)23-17(26)12-30-18(27)11-25-19(28)22(24-20(25)29)10-15(2)9-21(3,4)13-22/h14-16H,5-13H2,1-4H3,(H,23,26)(H,24,29)/t14?,15-,16?,22-/m1/s1. The van der Waals surface area contributed by atoms with Crippen LogP contribution in [0.3, 0.4) is 0 Å². The van der Waals surface area contributed by atoms with Gasteiger partial charge in [-0.25, -0.2) is 4.79 Å². The highest BCUT2D eigenvalue weighted by atomic mass is 16.5. The molecule has 2 aliphatic carbocycles. The largest absolute Gasteiger partial charge is 0.454 e. The molecule has 0 bridgehead atoms. The van der Waals surface area contributed by atoms with E-state index in [0.717, 1.165) is 37.0 Å². The van der Waals surface area contributed by atoms with E-state index >= 15 is 0 Å². The van der Waals surface area contributed by atoms with Crippen molar-refractivity contribution < 1.29 is 23.9 Å². The number of imide groups is 1. The van der Waals surface area contributed by atoms with Crippen molar-refractivity contribution in [2.75, 3.05) is 13.2 Å². The van der Waals surface area contributed by atoms with E-state index in [9.17, 15) is 19.2 Å². The first-order valence-electron chi connectivity index (χ1n) is 11.1. The van der Waals surface area contributed by atoms with Crippen molar-refractivity contribution in [3.8, 4) is 0 Å². The normalized spacial score (nSPS) is 33.3. The zero-order valence-electron chi connectivity index (χ0n) is 18.6. The van der Waals surface area contributed by atoms with E-state index in [0.29, 0.717) is 18.8 Å². The van der Waals surface area contributed by atoms with E-state index in [1.807, 2.05) is 0 Å². The fraction of sp³-hybridized carbons (Fsp3) is 0.818. The van der Waals surface area contributed by atoms with Gasteiger partial charge < -0.3 is 15.4 Å². The third-order valence-corrected chi connectivity index (χ3v) is 6.66. The average molecular weight is 422 g/mol. The van der Waals surface area contributed by atoms with Crippen LogP contribution < -0.4 is 10.6 Å². The Morgan fingerprint density at radius 2 is 1.77 bits per heavy atom. The number of rotatable bonds is 5. The summed E-state index contributed by atoms with van der Waals surface area (Å²) in [5, 5.41) is 5.72. The zero-order chi connectivity index (χ0) is 22.1. The van der Waals surface area contributed by atoms with Gasteiger partial charge in [0, 0.05) is 6.04 Å². The number of carbonyl (C=O) groups is 4. The molecule has 1 saturated heterocycles. The molecule has 1 spiro atoms. The summed E-state index contributed by atoms with van der Waals surface area (Å²) in [7, 11) is 0. The molecule has 0 aromatic heterocycles. The van der Waals surface area contributed by atoms with E-state index in [-0.39, 0.29) is 29.2 Å². The van der Waals surface area contributed by atoms with Gasteiger partial charge in [0.05, 0.1) is 0 Å². The lowest BCUT2D eigenvalue weighted by molar-refractivity contribution is -0.151. The van der Waals surface area contributed by atoms with Gasteiger partial charge in [0.1, 0.15) is 12.1 Å². The summed E-state index contributed by atoms with van der Waals surface area (Å²) in [5.74, 6) is -0.507. The Morgan fingerprint density at radius 1 is 1.10 bits per heavy atom. The first-order chi connectivity index (χ1) is 14.0. The fourth-order valence-corrected chi connectivity index (χ4v) is 5.64. The predicted molar refractivity (Wildman–Crippen MR) is 110 cm³/mol. The molecular weight excluding hydrogens is 386 g/mol. The maximum absolute atomic E-state index is 13.0. The topological polar surface area (TPSA) is 105 Å². The molecular formula is C22H35N3O5. The molecule has 0 radical (unpaired) electrons. The highest BCUT2D eigenvalue weighted by Gasteiger charge is 2.56. The van der Waals surface area contributed by atoms with Crippen LogP contribution in [0.4, 0.5) is 4.79 Å². The lowest BCUT2D eigenvalue weighted by Crippen LogP contribution is -2.54. The maximum atomic E-state index is 13.0. The van der Waals surface area contributed by atoms with E-state index < -0.39 is 30.7 Å². The van der Waals surface area contributed by atoms with Crippen LogP contribution in [0.5, 0.6) is 0 Å². The molecule has 8 nitrogen and oxygen atoms in total. The number of ether oxygens (including phenoxy) is 1. The second-order valence-electron chi connectivity index (χ2n) is 10.4. The van der Waals surface area contributed by atoms with E-state index in [2.05, 4.69) is 38.3 Å². The SMILES string of the molecule is CC1CCC(NC(=O)COC(=O)CN2C(=O)N[C@@]3(C[C@H](C)CC(C)(C)C3)C2=O)CC1. The first-order valence-corrected chi connectivity index (χ1v) is 11.1. The molecule has 2 atom stereocenters. The van der Waals surface area contributed by atoms with Gasteiger partial charge in [0.2, 0.25) is 0 Å². The summed E-state index contributed by atoms with van der Waals surface area (Å²) >= 11 is 0. The minimum absolute atomic E-state index is 0.0773. The van der Waals surface area contributed by atoms with Crippen LogP contribution in [0.2, 0.25) is 0 Å². The minimum Gasteiger partial charge on any atom is -0.454 e.